The van der Waals surface area contributed by atoms with Crippen LogP contribution in [0.25, 0.3) is 0 Å². The van der Waals surface area contributed by atoms with E-state index in [1.165, 1.54) is 0 Å². The van der Waals surface area contributed by atoms with E-state index in [2.05, 4.69) is 27.7 Å². The van der Waals surface area contributed by atoms with Crippen LogP contribution in [0.1, 0.15) is 58.9 Å². The fraction of sp³-hybridized carbons (Fsp3) is 0.700. The van der Waals surface area contributed by atoms with Gasteiger partial charge in [0.05, 0.1) is 30.0 Å². The smallest absolute Gasteiger partial charge is 0.399 e. The maximum absolute atomic E-state index is 11.1. The molecule has 0 aromatic heterocycles. The molecule has 2 heterocycles. The molecule has 4 rings (SSSR count). The molecule has 3 fully saturated rings. The summed E-state index contributed by atoms with van der Waals surface area (Å²) in [6.45, 7) is 9.51. The normalized spacial score (nSPS) is 28.6. The molecular weight excluding hydrogens is 331 g/mol. The molecule has 5 nitrogen and oxygen atoms in total. The van der Waals surface area contributed by atoms with E-state index < -0.39 is 11.4 Å². The van der Waals surface area contributed by atoms with E-state index >= 15 is 0 Å². The molecule has 1 aliphatic carbocycles. The molecule has 0 radical (unpaired) electrons. The van der Waals surface area contributed by atoms with Crippen molar-refractivity contribution in [1.82, 2.24) is 0 Å². The fourth-order valence-corrected chi connectivity index (χ4v) is 4.05. The lowest BCUT2D eigenvalue weighted by molar-refractivity contribution is -0.204. The van der Waals surface area contributed by atoms with Gasteiger partial charge in [-0.2, -0.15) is 0 Å². The highest BCUT2D eigenvalue weighted by atomic mass is 16.7. The molecule has 6 heteroatoms. The zero-order valence-electron chi connectivity index (χ0n) is 16.2. The first-order valence-corrected chi connectivity index (χ1v) is 9.61. The molecule has 1 aromatic carbocycles. The van der Waals surface area contributed by atoms with Crippen molar-refractivity contribution in [2.45, 2.75) is 76.0 Å². The first kappa shape index (κ1) is 18.4. The van der Waals surface area contributed by atoms with Gasteiger partial charge in [-0.3, -0.25) is 0 Å². The van der Waals surface area contributed by atoms with Crippen LogP contribution in [-0.4, -0.2) is 42.4 Å². The Morgan fingerprint density at radius 3 is 1.81 bits per heavy atom. The van der Waals surface area contributed by atoms with Crippen molar-refractivity contribution in [2.75, 3.05) is 13.2 Å². The average Bonchev–Trinajstić information content (AvgIpc) is 3.14. The fourth-order valence-electron chi connectivity index (χ4n) is 4.05. The Labute approximate surface area is 156 Å². The Bertz CT molecular complexity index is 637. The van der Waals surface area contributed by atoms with E-state index in [9.17, 15) is 5.11 Å². The molecule has 1 N–H and O–H groups in total. The number of hydrogen-bond acceptors (Lipinski definition) is 5. The van der Waals surface area contributed by atoms with Crippen LogP contribution < -0.4 is 5.46 Å². The summed E-state index contributed by atoms with van der Waals surface area (Å²) in [4.78, 5) is 0. The Hall–Kier alpha value is -0.915. The van der Waals surface area contributed by atoms with Gasteiger partial charge in [0, 0.05) is 12.8 Å². The molecule has 1 spiro atoms. The highest BCUT2D eigenvalue weighted by molar-refractivity contribution is 6.62. The van der Waals surface area contributed by atoms with Gasteiger partial charge in [-0.25, -0.2) is 0 Å². The molecule has 0 amide bonds. The number of hydrogen-bond donors (Lipinski definition) is 1. The zero-order chi connectivity index (χ0) is 18.6. The standard InChI is InChI=1S/C20H29BO5/c1-17(2)18(3,4)26-21(25-17)16-7-5-15(6-8-16)19(22)9-11-20(12-10-19)23-13-14-24-20/h5-8,22H,9-14H2,1-4H3. The van der Waals surface area contributed by atoms with Gasteiger partial charge in [-0.15, -0.1) is 0 Å². The van der Waals surface area contributed by atoms with Crippen LogP contribution in [0, 0.1) is 0 Å². The summed E-state index contributed by atoms with van der Waals surface area (Å²) in [7, 11) is -0.376. The van der Waals surface area contributed by atoms with Gasteiger partial charge in [0.1, 0.15) is 0 Å². The number of benzene rings is 1. The van der Waals surface area contributed by atoms with Crippen molar-refractivity contribution in [3.05, 3.63) is 29.8 Å². The minimum atomic E-state index is -0.824. The lowest BCUT2D eigenvalue weighted by atomic mass is 9.74. The van der Waals surface area contributed by atoms with Crippen molar-refractivity contribution < 1.29 is 23.9 Å². The summed E-state index contributed by atoms with van der Waals surface area (Å²) >= 11 is 0. The van der Waals surface area contributed by atoms with Gasteiger partial charge in [-0.05, 0) is 51.6 Å². The lowest BCUT2D eigenvalue weighted by Gasteiger charge is -2.40. The maximum Gasteiger partial charge on any atom is 0.494 e. The predicted molar refractivity (Wildman–Crippen MR) is 99.2 cm³/mol. The Balaban J connectivity index is 1.47. The second-order valence-corrected chi connectivity index (χ2v) is 8.85. The van der Waals surface area contributed by atoms with E-state index in [1.54, 1.807) is 0 Å². The molecule has 26 heavy (non-hydrogen) atoms. The van der Waals surface area contributed by atoms with E-state index in [1.807, 2.05) is 24.3 Å². The third-order valence-electron chi connectivity index (χ3n) is 6.63. The summed E-state index contributed by atoms with van der Waals surface area (Å²) in [6, 6.07) is 7.99. The Morgan fingerprint density at radius 1 is 0.808 bits per heavy atom. The van der Waals surface area contributed by atoms with Crippen LogP contribution in [-0.2, 0) is 24.4 Å². The van der Waals surface area contributed by atoms with Gasteiger partial charge in [0.25, 0.3) is 0 Å². The summed E-state index contributed by atoms with van der Waals surface area (Å²) in [6.07, 6.45) is 2.73. The van der Waals surface area contributed by atoms with Crippen LogP contribution in [0.15, 0.2) is 24.3 Å². The van der Waals surface area contributed by atoms with Gasteiger partial charge in [0.2, 0.25) is 0 Å². The van der Waals surface area contributed by atoms with Crippen molar-refractivity contribution in [2.24, 2.45) is 0 Å². The number of ether oxygens (including phenoxy) is 2. The van der Waals surface area contributed by atoms with Gasteiger partial charge in [-0.1, -0.05) is 24.3 Å². The van der Waals surface area contributed by atoms with Crippen molar-refractivity contribution >= 4 is 12.6 Å². The number of rotatable bonds is 2. The SMILES string of the molecule is CC1(C)OB(c2ccc(C3(O)CCC4(CC3)OCCO4)cc2)OC1(C)C. The van der Waals surface area contributed by atoms with Gasteiger partial charge < -0.3 is 23.9 Å². The van der Waals surface area contributed by atoms with E-state index in [0.717, 1.165) is 23.9 Å². The second kappa shape index (κ2) is 6.04. The van der Waals surface area contributed by atoms with E-state index in [4.69, 9.17) is 18.8 Å². The highest BCUT2D eigenvalue weighted by Crippen LogP contribution is 2.44. The topological polar surface area (TPSA) is 57.2 Å². The van der Waals surface area contributed by atoms with Crippen LogP contribution in [0.4, 0.5) is 0 Å². The third kappa shape index (κ3) is 3.02. The minimum absolute atomic E-state index is 0.354. The maximum atomic E-state index is 11.1. The molecule has 2 aliphatic heterocycles. The van der Waals surface area contributed by atoms with Crippen LogP contribution in [0.5, 0.6) is 0 Å². The van der Waals surface area contributed by atoms with Crippen LogP contribution in [0.2, 0.25) is 0 Å². The van der Waals surface area contributed by atoms with E-state index in [-0.39, 0.29) is 18.3 Å². The largest absolute Gasteiger partial charge is 0.494 e. The Kier molecular flexibility index (Phi) is 4.29. The quantitative estimate of drug-likeness (QED) is 0.822. The molecule has 1 aromatic rings. The van der Waals surface area contributed by atoms with Crippen molar-refractivity contribution in [3.8, 4) is 0 Å². The zero-order valence-corrected chi connectivity index (χ0v) is 16.2. The monoisotopic (exact) mass is 360 g/mol. The summed E-state index contributed by atoms with van der Waals surface area (Å²) in [5.41, 5.74) is 0.382. The van der Waals surface area contributed by atoms with E-state index in [0.29, 0.717) is 26.1 Å². The predicted octanol–water partition coefficient (Wildman–Crippen LogP) is 2.49. The van der Waals surface area contributed by atoms with Crippen LogP contribution in [0.3, 0.4) is 0 Å². The summed E-state index contributed by atoms with van der Waals surface area (Å²) < 4.78 is 23.8. The van der Waals surface area contributed by atoms with Gasteiger partial charge in [0.15, 0.2) is 5.79 Å². The molecule has 0 bridgehead atoms. The first-order chi connectivity index (χ1) is 12.1. The van der Waals surface area contributed by atoms with Crippen molar-refractivity contribution in [3.63, 3.8) is 0 Å². The molecule has 3 aliphatic rings. The van der Waals surface area contributed by atoms with Gasteiger partial charge >= 0.3 is 7.12 Å². The molecule has 2 saturated heterocycles. The second-order valence-electron chi connectivity index (χ2n) is 8.85. The Morgan fingerprint density at radius 2 is 1.31 bits per heavy atom. The molecular formula is C20H29BO5. The minimum Gasteiger partial charge on any atom is -0.399 e. The number of aliphatic hydroxyl groups is 1. The average molecular weight is 360 g/mol. The summed E-state index contributed by atoms with van der Waals surface area (Å²) in [5, 5.41) is 11.1. The summed E-state index contributed by atoms with van der Waals surface area (Å²) in [5.74, 6) is -0.463. The lowest BCUT2D eigenvalue weighted by Crippen LogP contribution is -2.42. The third-order valence-corrected chi connectivity index (χ3v) is 6.63. The molecule has 0 atom stereocenters. The highest BCUT2D eigenvalue weighted by Gasteiger charge is 2.52. The molecule has 142 valence electrons. The van der Waals surface area contributed by atoms with Crippen LogP contribution >= 0.6 is 0 Å². The first-order valence-electron chi connectivity index (χ1n) is 9.61. The molecule has 1 saturated carbocycles. The van der Waals surface area contributed by atoms with Crippen molar-refractivity contribution in [1.29, 1.82) is 0 Å². The molecule has 0 unspecified atom stereocenters.